The Kier molecular flexibility index (Phi) is 17.3. The molecule has 0 bridgehead atoms. The van der Waals surface area contributed by atoms with Crippen molar-refractivity contribution < 1.29 is 4.79 Å². The molecule has 226 valence electrons. The van der Waals surface area contributed by atoms with Gasteiger partial charge < -0.3 is 9.88 Å². The molecule has 42 heavy (non-hydrogen) atoms. The Morgan fingerprint density at radius 1 is 1.02 bits per heavy atom. The van der Waals surface area contributed by atoms with Crippen LogP contribution in [-0.4, -0.2) is 10.5 Å². The van der Waals surface area contributed by atoms with Crippen LogP contribution in [0.1, 0.15) is 121 Å². The normalized spacial score (nSPS) is 11.0. The molecule has 0 aliphatic carbocycles. The van der Waals surface area contributed by atoms with Crippen LogP contribution < -0.4 is 5.32 Å². The molecule has 4 nitrogen and oxygen atoms in total. The molecular weight excluding hydrogens is 514 g/mol. The summed E-state index contributed by atoms with van der Waals surface area (Å²) in [5.74, 6) is 0.338. The fourth-order valence-electron chi connectivity index (χ4n) is 4.60. The number of fused-ring (bicyclic) bond motifs is 1. The number of hydrogen-bond donors (Lipinski definition) is 1. The second kappa shape index (κ2) is 20.1. The van der Waals surface area contributed by atoms with Crippen molar-refractivity contribution in [2.75, 3.05) is 5.32 Å². The Bertz CT molecular complexity index is 1360. The number of nitrogens with one attached hydrogen (secondary N) is 1. The van der Waals surface area contributed by atoms with E-state index in [2.05, 4.69) is 108 Å². The van der Waals surface area contributed by atoms with Gasteiger partial charge >= 0.3 is 0 Å². The number of carbonyl (C=O) groups excluding carboxylic acids is 1. The van der Waals surface area contributed by atoms with Gasteiger partial charge in [-0.05, 0) is 93.8 Å². The van der Waals surface area contributed by atoms with Gasteiger partial charge in [-0.2, -0.15) is 5.26 Å². The fraction of sp³-hybridized carbons (Fsp3) is 0.421. The minimum atomic E-state index is -0.201. The molecule has 0 fully saturated rings. The summed E-state index contributed by atoms with van der Waals surface area (Å²) in [5, 5.41) is 13.2. The highest BCUT2D eigenvalue weighted by atomic mass is 16.1. The van der Waals surface area contributed by atoms with Crippen LogP contribution in [0, 0.1) is 11.3 Å². The third-order valence-corrected chi connectivity index (χ3v) is 6.99. The number of nitrogens with zero attached hydrogens (tertiary/aromatic N) is 2. The molecule has 1 aromatic heterocycles. The summed E-state index contributed by atoms with van der Waals surface area (Å²) < 4.78 is 2.17. The SMILES string of the molecule is C=C(C)CC.CC/C=C(C)\C=C\CC.CCCC(CCC)c1cn(C)c2ccc(NC(=O)c3cccc(C#N)c3)cc12. The molecule has 0 radical (unpaired) electrons. The van der Waals surface area contributed by atoms with E-state index in [1.54, 1.807) is 24.3 Å². The maximum atomic E-state index is 12.6. The predicted molar refractivity (Wildman–Crippen MR) is 183 cm³/mol. The van der Waals surface area contributed by atoms with E-state index in [4.69, 9.17) is 5.26 Å². The summed E-state index contributed by atoms with van der Waals surface area (Å²) in [4.78, 5) is 12.6. The number of carbonyl (C=O) groups is 1. The first-order valence-electron chi connectivity index (χ1n) is 15.5. The van der Waals surface area contributed by atoms with E-state index in [0.717, 1.165) is 37.8 Å². The molecule has 1 amide bonds. The number of anilines is 1. The van der Waals surface area contributed by atoms with Crippen LogP contribution in [-0.2, 0) is 7.05 Å². The lowest BCUT2D eigenvalue weighted by Crippen LogP contribution is -2.12. The van der Waals surface area contributed by atoms with Crippen LogP contribution in [0.5, 0.6) is 0 Å². The largest absolute Gasteiger partial charge is 0.350 e. The molecule has 2 aromatic carbocycles. The average molecular weight is 568 g/mol. The van der Waals surface area contributed by atoms with Crippen molar-refractivity contribution in [3.8, 4) is 6.07 Å². The lowest BCUT2D eigenvalue weighted by Gasteiger charge is -2.15. The van der Waals surface area contributed by atoms with E-state index in [1.165, 1.54) is 40.5 Å². The number of benzene rings is 2. The molecule has 4 heteroatoms. The second-order valence-electron chi connectivity index (χ2n) is 10.8. The molecule has 3 rings (SSSR count). The number of allylic oxidation sites excluding steroid dienone is 5. The molecule has 0 atom stereocenters. The molecule has 0 unspecified atom stereocenters. The van der Waals surface area contributed by atoms with Gasteiger partial charge in [-0.25, -0.2) is 0 Å². The van der Waals surface area contributed by atoms with Crippen LogP contribution in [0.4, 0.5) is 5.69 Å². The maximum Gasteiger partial charge on any atom is 0.255 e. The second-order valence-corrected chi connectivity index (χ2v) is 10.8. The minimum Gasteiger partial charge on any atom is -0.350 e. The highest BCUT2D eigenvalue weighted by molar-refractivity contribution is 6.05. The van der Waals surface area contributed by atoms with Gasteiger partial charge in [0.2, 0.25) is 0 Å². The van der Waals surface area contributed by atoms with Gasteiger partial charge in [0.25, 0.3) is 5.91 Å². The van der Waals surface area contributed by atoms with Gasteiger partial charge in [-0.15, -0.1) is 6.58 Å². The predicted octanol–water partition coefficient (Wildman–Crippen LogP) is 11.3. The van der Waals surface area contributed by atoms with Crippen LogP contribution >= 0.6 is 0 Å². The van der Waals surface area contributed by atoms with Gasteiger partial charge in [0.15, 0.2) is 0 Å². The van der Waals surface area contributed by atoms with Crippen molar-refractivity contribution in [2.45, 2.75) is 99.3 Å². The van der Waals surface area contributed by atoms with Crippen molar-refractivity contribution >= 4 is 22.5 Å². The monoisotopic (exact) mass is 567 g/mol. The van der Waals surface area contributed by atoms with Gasteiger partial charge in [-0.3, -0.25) is 4.79 Å². The standard InChI is InChI=1S/C24H27N3O.C9H16.C5H10/c1-4-7-18(8-5-2)22-16-27(3)23-12-11-20(14-21(22)23)26-24(28)19-10-6-9-17(13-19)15-25;1-4-6-8-9(3)7-5-2;1-4-5(2)3/h6,9-14,16,18H,4-5,7-8H2,1-3H3,(H,26,28);6-8H,4-5H2,1-3H3;2,4H2,1,3H3/b;8-6+,9-7-;. The fourth-order valence-corrected chi connectivity index (χ4v) is 4.60. The highest BCUT2D eigenvalue weighted by Crippen LogP contribution is 2.34. The third-order valence-electron chi connectivity index (χ3n) is 6.99. The van der Waals surface area contributed by atoms with Crippen molar-refractivity contribution in [3.63, 3.8) is 0 Å². The zero-order valence-electron chi connectivity index (χ0n) is 27.4. The minimum absolute atomic E-state index is 0.201. The Balaban J connectivity index is 0.000000524. The number of amides is 1. The zero-order chi connectivity index (χ0) is 31.5. The van der Waals surface area contributed by atoms with Crippen LogP contribution in [0.2, 0.25) is 0 Å². The summed E-state index contributed by atoms with van der Waals surface area (Å²) in [6.45, 7) is 18.7. The first-order chi connectivity index (χ1) is 20.1. The summed E-state index contributed by atoms with van der Waals surface area (Å²) in [5.41, 5.74) is 6.92. The number of aromatic nitrogens is 1. The first-order valence-corrected chi connectivity index (χ1v) is 15.5. The van der Waals surface area contributed by atoms with E-state index >= 15 is 0 Å². The van der Waals surface area contributed by atoms with Crippen molar-refractivity contribution in [1.29, 1.82) is 5.26 Å². The van der Waals surface area contributed by atoms with E-state index in [1.807, 2.05) is 13.0 Å². The Morgan fingerprint density at radius 2 is 1.69 bits per heavy atom. The maximum absolute atomic E-state index is 12.6. The van der Waals surface area contributed by atoms with Gasteiger partial charge in [0, 0.05) is 35.4 Å². The molecule has 1 N–H and O–H groups in total. The van der Waals surface area contributed by atoms with Crippen LogP contribution in [0.15, 0.2) is 84.6 Å². The van der Waals surface area contributed by atoms with E-state index < -0.39 is 0 Å². The van der Waals surface area contributed by atoms with E-state index in [0.29, 0.717) is 17.0 Å². The smallest absolute Gasteiger partial charge is 0.255 e. The molecule has 0 aliphatic heterocycles. The number of rotatable bonds is 11. The number of nitriles is 1. The lowest BCUT2D eigenvalue weighted by molar-refractivity contribution is 0.102. The average Bonchev–Trinajstić information content (AvgIpc) is 3.32. The highest BCUT2D eigenvalue weighted by Gasteiger charge is 2.17. The van der Waals surface area contributed by atoms with Gasteiger partial charge in [-0.1, -0.05) is 82.9 Å². The molecule has 0 saturated heterocycles. The quantitative estimate of drug-likeness (QED) is 0.185. The molecule has 1 heterocycles. The Morgan fingerprint density at radius 3 is 2.24 bits per heavy atom. The number of hydrogen-bond acceptors (Lipinski definition) is 2. The van der Waals surface area contributed by atoms with Crippen LogP contribution in [0.25, 0.3) is 10.9 Å². The van der Waals surface area contributed by atoms with E-state index in [9.17, 15) is 4.79 Å². The lowest BCUT2D eigenvalue weighted by atomic mass is 9.90. The van der Waals surface area contributed by atoms with E-state index in [-0.39, 0.29) is 5.91 Å². The van der Waals surface area contributed by atoms with Crippen molar-refractivity contribution in [1.82, 2.24) is 4.57 Å². The molecule has 3 aromatic rings. The Hall–Kier alpha value is -3.84. The van der Waals surface area contributed by atoms with Crippen molar-refractivity contribution in [2.24, 2.45) is 7.05 Å². The molecule has 0 saturated carbocycles. The molecular formula is C38H53N3O. The first kappa shape index (κ1) is 36.2. The van der Waals surface area contributed by atoms with Crippen molar-refractivity contribution in [3.05, 3.63) is 101 Å². The summed E-state index contributed by atoms with van der Waals surface area (Å²) in [6.07, 6.45) is 16.9. The third kappa shape index (κ3) is 12.4. The Labute approximate surface area is 255 Å². The number of aryl methyl sites for hydroxylation is 1. The van der Waals surface area contributed by atoms with Gasteiger partial charge in [0.05, 0.1) is 11.6 Å². The summed E-state index contributed by atoms with van der Waals surface area (Å²) >= 11 is 0. The zero-order valence-corrected chi connectivity index (χ0v) is 27.4. The van der Waals surface area contributed by atoms with Crippen LogP contribution in [0.3, 0.4) is 0 Å². The van der Waals surface area contributed by atoms with Gasteiger partial charge in [0.1, 0.15) is 0 Å². The summed E-state index contributed by atoms with van der Waals surface area (Å²) in [6, 6.07) is 14.9. The topological polar surface area (TPSA) is 57.8 Å². The molecule has 0 spiro atoms. The molecule has 0 aliphatic rings. The summed E-state index contributed by atoms with van der Waals surface area (Å²) in [7, 11) is 2.08.